The number of rotatable bonds is 4. The lowest BCUT2D eigenvalue weighted by molar-refractivity contribution is -0.121. The third-order valence-corrected chi connectivity index (χ3v) is 3.08. The summed E-state index contributed by atoms with van der Waals surface area (Å²) in [4.78, 5) is 16.7. The number of aryl methyl sites for hydroxylation is 2. The van der Waals surface area contributed by atoms with Gasteiger partial charge in [-0.15, -0.1) is 11.3 Å². The number of carbonyl (C=O) groups excluding carboxylic acids is 1. The minimum atomic E-state index is 0.160. The molecule has 0 amide bonds. The van der Waals surface area contributed by atoms with E-state index in [-0.39, 0.29) is 5.92 Å². The molecule has 0 bridgehead atoms. The Balaban J connectivity index is 2.44. The average molecular weight is 197 g/mol. The molecular weight excluding hydrogens is 182 g/mol. The largest absolute Gasteiger partial charge is 0.299 e. The fourth-order valence-electron chi connectivity index (χ4n) is 1.09. The van der Waals surface area contributed by atoms with Gasteiger partial charge in [0.1, 0.15) is 5.78 Å². The predicted octanol–water partition coefficient (Wildman–Crippen LogP) is 2.61. The molecular formula is C10H15NOS. The number of carbonyl (C=O) groups is 1. The Morgan fingerprint density at radius 3 is 2.77 bits per heavy atom. The first-order chi connectivity index (χ1) is 6.11. The fraction of sp³-hybridized carbons (Fsp3) is 0.600. The van der Waals surface area contributed by atoms with E-state index in [2.05, 4.69) is 4.98 Å². The Hall–Kier alpha value is -0.700. The van der Waals surface area contributed by atoms with E-state index in [9.17, 15) is 4.79 Å². The highest BCUT2D eigenvalue weighted by Crippen LogP contribution is 2.15. The maximum absolute atomic E-state index is 11.3. The molecule has 1 heterocycles. The van der Waals surface area contributed by atoms with Crippen molar-refractivity contribution in [1.29, 1.82) is 0 Å². The minimum Gasteiger partial charge on any atom is -0.299 e. The molecule has 1 aromatic heterocycles. The molecule has 1 aromatic rings. The van der Waals surface area contributed by atoms with Crippen molar-refractivity contribution in [2.24, 2.45) is 5.92 Å². The Labute approximate surface area is 83.0 Å². The molecule has 0 atom stereocenters. The van der Waals surface area contributed by atoms with Crippen molar-refractivity contribution in [1.82, 2.24) is 4.98 Å². The van der Waals surface area contributed by atoms with Gasteiger partial charge in [0.2, 0.25) is 0 Å². The second-order valence-corrected chi connectivity index (χ2v) is 4.42. The van der Waals surface area contributed by atoms with Crippen LogP contribution in [0.3, 0.4) is 0 Å². The lowest BCUT2D eigenvalue weighted by atomic mass is 10.0. The van der Waals surface area contributed by atoms with Gasteiger partial charge in [0.05, 0.1) is 11.2 Å². The number of hydrogen-bond donors (Lipinski definition) is 0. The van der Waals surface area contributed by atoms with Crippen LogP contribution in [-0.2, 0) is 11.2 Å². The van der Waals surface area contributed by atoms with Crippen molar-refractivity contribution in [2.75, 3.05) is 0 Å². The Bertz CT molecular complexity index is 291. The van der Waals surface area contributed by atoms with E-state index in [0.29, 0.717) is 12.2 Å². The van der Waals surface area contributed by atoms with Crippen LogP contribution in [-0.4, -0.2) is 10.8 Å². The third kappa shape index (κ3) is 2.92. The van der Waals surface area contributed by atoms with Gasteiger partial charge in [-0.1, -0.05) is 13.8 Å². The van der Waals surface area contributed by atoms with Crippen molar-refractivity contribution in [2.45, 2.75) is 33.6 Å². The molecule has 0 aliphatic heterocycles. The normalized spacial score (nSPS) is 10.8. The highest BCUT2D eigenvalue weighted by atomic mass is 32.1. The Kier molecular flexibility index (Phi) is 3.60. The zero-order valence-corrected chi connectivity index (χ0v) is 9.15. The molecule has 0 aromatic carbocycles. The number of ketones is 1. The fourth-order valence-corrected chi connectivity index (χ4v) is 1.87. The topological polar surface area (TPSA) is 30.0 Å². The van der Waals surface area contributed by atoms with Crippen molar-refractivity contribution in [3.63, 3.8) is 0 Å². The lowest BCUT2D eigenvalue weighted by Gasteiger charge is -2.02. The van der Waals surface area contributed by atoms with E-state index in [1.165, 1.54) is 4.88 Å². The van der Waals surface area contributed by atoms with E-state index in [1.54, 1.807) is 11.3 Å². The molecule has 2 nitrogen and oxygen atoms in total. The highest BCUT2D eigenvalue weighted by molar-refractivity contribution is 7.09. The van der Waals surface area contributed by atoms with Gasteiger partial charge in [-0.3, -0.25) is 4.79 Å². The van der Waals surface area contributed by atoms with Gasteiger partial charge in [0.25, 0.3) is 0 Å². The number of thiazole rings is 1. The summed E-state index contributed by atoms with van der Waals surface area (Å²) < 4.78 is 0. The summed E-state index contributed by atoms with van der Waals surface area (Å²) in [7, 11) is 0. The molecule has 0 saturated carbocycles. The van der Waals surface area contributed by atoms with Gasteiger partial charge < -0.3 is 0 Å². The minimum absolute atomic E-state index is 0.160. The molecule has 13 heavy (non-hydrogen) atoms. The summed E-state index contributed by atoms with van der Waals surface area (Å²) in [5.74, 6) is 0.501. The summed E-state index contributed by atoms with van der Waals surface area (Å²) in [5.41, 5.74) is 2.91. The summed E-state index contributed by atoms with van der Waals surface area (Å²) in [6.45, 7) is 5.88. The van der Waals surface area contributed by atoms with E-state index in [0.717, 1.165) is 12.1 Å². The smallest absolute Gasteiger partial charge is 0.135 e. The van der Waals surface area contributed by atoms with E-state index in [1.807, 2.05) is 26.3 Å². The zero-order valence-electron chi connectivity index (χ0n) is 8.33. The van der Waals surface area contributed by atoms with Gasteiger partial charge in [0.15, 0.2) is 0 Å². The van der Waals surface area contributed by atoms with Crippen LogP contribution in [0.15, 0.2) is 5.51 Å². The van der Waals surface area contributed by atoms with Crippen molar-refractivity contribution in [3.05, 3.63) is 16.1 Å². The van der Waals surface area contributed by atoms with Crippen LogP contribution in [0.2, 0.25) is 0 Å². The van der Waals surface area contributed by atoms with E-state index in [4.69, 9.17) is 0 Å². The van der Waals surface area contributed by atoms with Crippen LogP contribution >= 0.6 is 11.3 Å². The third-order valence-electron chi connectivity index (χ3n) is 2.09. The first-order valence-electron chi connectivity index (χ1n) is 4.53. The maximum atomic E-state index is 11.3. The SMILES string of the molecule is Cc1ncsc1CCC(=O)C(C)C. The second kappa shape index (κ2) is 4.51. The molecule has 1 rings (SSSR count). The molecule has 0 unspecified atom stereocenters. The molecule has 0 saturated heterocycles. The monoisotopic (exact) mass is 197 g/mol. The molecule has 0 fully saturated rings. The van der Waals surface area contributed by atoms with Gasteiger partial charge in [-0.05, 0) is 13.3 Å². The van der Waals surface area contributed by atoms with Gasteiger partial charge in [0, 0.05) is 17.2 Å². The van der Waals surface area contributed by atoms with Crippen LogP contribution in [0, 0.1) is 12.8 Å². The molecule has 3 heteroatoms. The molecule has 0 aliphatic carbocycles. The number of nitrogens with zero attached hydrogens (tertiary/aromatic N) is 1. The summed E-state index contributed by atoms with van der Waals surface area (Å²) in [5, 5.41) is 0. The van der Waals surface area contributed by atoms with Crippen molar-refractivity contribution < 1.29 is 4.79 Å². The van der Waals surface area contributed by atoms with E-state index >= 15 is 0 Å². The van der Waals surface area contributed by atoms with Crippen LogP contribution in [0.4, 0.5) is 0 Å². The molecule has 0 aliphatic rings. The van der Waals surface area contributed by atoms with E-state index < -0.39 is 0 Å². The van der Waals surface area contributed by atoms with Crippen LogP contribution in [0.25, 0.3) is 0 Å². The first-order valence-corrected chi connectivity index (χ1v) is 5.41. The predicted molar refractivity (Wildman–Crippen MR) is 55.0 cm³/mol. The van der Waals surface area contributed by atoms with Gasteiger partial charge in [-0.25, -0.2) is 4.98 Å². The molecule has 0 radical (unpaired) electrons. The van der Waals surface area contributed by atoms with Crippen molar-refractivity contribution >= 4 is 17.1 Å². The number of aromatic nitrogens is 1. The van der Waals surface area contributed by atoms with Gasteiger partial charge >= 0.3 is 0 Å². The zero-order chi connectivity index (χ0) is 9.84. The maximum Gasteiger partial charge on any atom is 0.135 e. The lowest BCUT2D eigenvalue weighted by Crippen LogP contribution is -2.07. The number of hydrogen-bond acceptors (Lipinski definition) is 3. The first kappa shape index (κ1) is 10.4. The van der Waals surface area contributed by atoms with Crippen LogP contribution < -0.4 is 0 Å². The second-order valence-electron chi connectivity index (χ2n) is 3.48. The van der Waals surface area contributed by atoms with Crippen LogP contribution in [0.5, 0.6) is 0 Å². The Morgan fingerprint density at radius 1 is 1.62 bits per heavy atom. The Morgan fingerprint density at radius 2 is 2.31 bits per heavy atom. The standard InChI is InChI=1S/C10H15NOS/c1-7(2)9(12)4-5-10-8(3)11-6-13-10/h6-7H,4-5H2,1-3H3. The highest BCUT2D eigenvalue weighted by Gasteiger charge is 2.09. The quantitative estimate of drug-likeness (QED) is 0.742. The number of Topliss-reactive ketones (excluding diaryl/α,β-unsaturated/α-hetero) is 1. The molecule has 0 spiro atoms. The summed E-state index contributed by atoms with van der Waals surface area (Å²) >= 11 is 1.64. The molecule has 0 N–H and O–H groups in total. The molecule has 72 valence electrons. The van der Waals surface area contributed by atoms with Gasteiger partial charge in [-0.2, -0.15) is 0 Å². The van der Waals surface area contributed by atoms with Crippen molar-refractivity contribution in [3.8, 4) is 0 Å². The van der Waals surface area contributed by atoms with Crippen LogP contribution in [0.1, 0.15) is 30.8 Å². The average Bonchev–Trinajstić information content (AvgIpc) is 2.47. The summed E-state index contributed by atoms with van der Waals surface area (Å²) in [6, 6.07) is 0. The summed E-state index contributed by atoms with van der Waals surface area (Å²) in [6.07, 6.45) is 1.51.